The summed E-state index contributed by atoms with van der Waals surface area (Å²) in [4.78, 5) is 9.84. The Balaban J connectivity index is 0.00000121. The summed E-state index contributed by atoms with van der Waals surface area (Å²) in [7, 11) is 3.75. The van der Waals surface area contributed by atoms with Crippen LogP contribution in [0.4, 0.5) is 5.95 Å². The number of anilines is 1. The highest BCUT2D eigenvalue weighted by molar-refractivity contribution is 5.85. The number of rotatable bonds is 2. The van der Waals surface area contributed by atoms with Gasteiger partial charge in [0.25, 0.3) is 0 Å². The molecular formula is C7H11ClN4. The first-order valence-corrected chi connectivity index (χ1v) is 3.24. The van der Waals surface area contributed by atoms with Crippen LogP contribution in [0, 0.1) is 5.41 Å². The summed E-state index contributed by atoms with van der Waals surface area (Å²) in [5.41, 5.74) is 0.718. The maximum absolute atomic E-state index is 6.90. The number of hydrogen-bond donors (Lipinski definition) is 1. The van der Waals surface area contributed by atoms with Gasteiger partial charge in [0, 0.05) is 38.3 Å². The third kappa shape index (κ3) is 2.47. The normalized spacial score (nSPS) is 8.50. The molecule has 0 saturated carbocycles. The molecule has 1 N–H and O–H groups in total. The maximum atomic E-state index is 6.90. The molecular weight excluding hydrogens is 176 g/mol. The Kier molecular flexibility index (Phi) is 4.21. The van der Waals surface area contributed by atoms with E-state index in [0.29, 0.717) is 5.95 Å². The van der Waals surface area contributed by atoms with E-state index in [1.807, 2.05) is 19.0 Å². The summed E-state index contributed by atoms with van der Waals surface area (Å²) in [5, 5.41) is 6.90. The smallest absolute Gasteiger partial charge is 0.224 e. The molecule has 12 heavy (non-hydrogen) atoms. The van der Waals surface area contributed by atoms with Crippen molar-refractivity contribution in [2.75, 3.05) is 19.0 Å². The van der Waals surface area contributed by atoms with Crippen molar-refractivity contribution in [3.63, 3.8) is 0 Å². The van der Waals surface area contributed by atoms with Crippen molar-refractivity contribution in [1.82, 2.24) is 9.97 Å². The second-order valence-corrected chi connectivity index (χ2v) is 2.36. The summed E-state index contributed by atoms with van der Waals surface area (Å²) < 4.78 is 0. The minimum atomic E-state index is 0. The standard InChI is InChI=1S/C7H10N4.ClH/c1-11(2)7-9-4-6(3-8)5-10-7;/h3-5,8H,1-2H3;1H. The van der Waals surface area contributed by atoms with Gasteiger partial charge in [0.1, 0.15) is 0 Å². The minimum Gasteiger partial charge on any atom is -0.347 e. The average Bonchev–Trinajstić information content (AvgIpc) is 2.05. The fourth-order valence-corrected chi connectivity index (χ4v) is 0.637. The van der Waals surface area contributed by atoms with Gasteiger partial charge in [0.2, 0.25) is 5.95 Å². The molecule has 0 aliphatic carbocycles. The fraction of sp³-hybridized carbons (Fsp3) is 0.286. The number of nitrogens with zero attached hydrogens (tertiary/aromatic N) is 3. The lowest BCUT2D eigenvalue weighted by molar-refractivity contribution is 0.996. The zero-order valence-electron chi connectivity index (χ0n) is 6.98. The van der Waals surface area contributed by atoms with Gasteiger partial charge in [-0.15, -0.1) is 12.4 Å². The third-order valence-corrected chi connectivity index (χ3v) is 1.22. The molecule has 1 rings (SSSR count). The van der Waals surface area contributed by atoms with Crippen molar-refractivity contribution in [1.29, 1.82) is 5.41 Å². The van der Waals surface area contributed by atoms with Crippen LogP contribution in [0.25, 0.3) is 0 Å². The Morgan fingerprint density at radius 2 is 1.83 bits per heavy atom. The van der Waals surface area contributed by atoms with Crippen LogP contribution < -0.4 is 4.90 Å². The Labute approximate surface area is 77.6 Å². The molecule has 1 aromatic heterocycles. The molecule has 5 heteroatoms. The molecule has 0 aromatic carbocycles. The zero-order chi connectivity index (χ0) is 8.27. The van der Waals surface area contributed by atoms with Gasteiger partial charge in [0.05, 0.1) is 0 Å². The van der Waals surface area contributed by atoms with E-state index in [1.165, 1.54) is 6.21 Å². The zero-order valence-corrected chi connectivity index (χ0v) is 7.80. The van der Waals surface area contributed by atoms with Crippen LogP contribution in [0.1, 0.15) is 5.56 Å². The molecule has 0 bridgehead atoms. The van der Waals surface area contributed by atoms with Crippen LogP contribution in [-0.2, 0) is 0 Å². The van der Waals surface area contributed by atoms with Gasteiger partial charge in [-0.05, 0) is 0 Å². The molecule has 1 aromatic rings. The van der Waals surface area contributed by atoms with Gasteiger partial charge in [-0.25, -0.2) is 9.97 Å². The van der Waals surface area contributed by atoms with Gasteiger partial charge in [-0.1, -0.05) is 0 Å². The van der Waals surface area contributed by atoms with Gasteiger partial charge < -0.3 is 10.3 Å². The monoisotopic (exact) mass is 186 g/mol. The first-order valence-electron chi connectivity index (χ1n) is 3.24. The molecule has 66 valence electrons. The molecule has 0 atom stereocenters. The maximum Gasteiger partial charge on any atom is 0.224 e. The molecule has 0 aliphatic rings. The highest BCUT2D eigenvalue weighted by atomic mass is 35.5. The number of nitrogens with one attached hydrogen (secondary N) is 1. The Morgan fingerprint density at radius 3 is 2.17 bits per heavy atom. The lowest BCUT2D eigenvalue weighted by Crippen LogP contribution is -2.12. The van der Waals surface area contributed by atoms with Crippen molar-refractivity contribution in [3.8, 4) is 0 Å². The molecule has 1 heterocycles. The largest absolute Gasteiger partial charge is 0.347 e. The molecule has 0 aliphatic heterocycles. The minimum absolute atomic E-state index is 0. The Bertz CT molecular complexity index is 244. The summed E-state index contributed by atoms with van der Waals surface area (Å²) in [6.45, 7) is 0. The van der Waals surface area contributed by atoms with Crippen molar-refractivity contribution in [3.05, 3.63) is 18.0 Å². The average molecular weight is 187 g/mol. The van der Waals surface area contributed by atoms with E-state index in [-0.39, 0.29) is 12.4 Å². The Hall–Kier alpha value is -1.16. The topological polar surface area (TPSA) is 52.9 Å². The molecule has 4 nitrogen and oxygen atoms in total. The lowest BCUT2D eigenvalue weighted by Gasteiger charge is -2.08. The van der Waals surface area contributed by atoms with Crippen LogP contribution in [0.3, 0.4) is 0 Å². The van der Waals surface area contributed by atoms with Gasteiger partial charge in [0.15, 0.2) is 0 Å². The first-order chi connectivity index (χ1) is 5.24. The third-order valence-electron chi connectivity index (χ3n) is 1.22. The van der Waals surface area contributed by atoms with E-state index in [1.54, 1.807) is 12.4 Å². The Morgan fingerprint density at radius 1 is 1.33 bits per heavy atom. The van der Waals surface area contributed by atoms with E-state index in [4.69, 9.17) is 5.41 Å². The van der Waals surface area contributed by atoms with Gasteiger partial charge >= 0.3 is 0 Å². The number of halogens is 1. The highest BCUT2D eigenvalue weighted by Crippen LogP contribution is 2.00. The highest BCUT2D eigenvalue weighted by Gasteiger charge is 1.95. The van der Waals surface area contributed by atoms with Crippen LogP contribution in [0.2, 0.25) is 0 Å². The number of aromatic nitrogens is 2. The summed E-state index contributed by atoms with van der Waals surface area (Å²) in [6, 6.07) is 0. The SMILES string of the molecule is CN(C)c1ncc(C=N)cn1.Cl. The predicted octanol–water partition coefficient (Wildman–Crippen LogP) is 0.962. The second-order valence-electron chi connectivity index (χ2n) is 2.36. The van der Waals surface area contributed by atoms with Crippen LogP contribution >= 0.6 is 12.4 Å². The second kappa shape index (κ2) is 4.66. The van der Waals surface area contributed by atoms with Crippen molar-refractivity contribution in [2.45, 2.75) is 0 Å². The van der Waals surface area contributed by atoms with E-state index in [2.05, 4.69) is 9.97 Å². The van der Waals surface area contributed by atoms with Crippen molar-refractivity contribution < 1.29 is 0 Å². The van der Waals surface area contributed by atoms with Gasteiger partial charge in [-0.2, -0.15) is 0 Å². The summed E-state index contributed by atoms with van der Waals surface area (Å²) >= 11 is 0. The quantitative estimate of drug-likeness (QED) is 0.701. The molecule has 0 spiro atoms. The molecule has 0 fully saturated rings. The summed E-state index contributed by atoms with van der Waals surface area (Å²) in [5.74, 6) is 0.663. The van der Waals surface area contributed by atoms with Crippen LogP contribution in [0.5, 0.6) is 0 Å². The van der Waals surface area contributed by atoms with E-state index >= 15 is 0 Å². The molecule has 0 radical (unpaired) electrons. The van der Waals surface area contributed by atoms with Crippen molar-refractivity contribution in [2.24, 2.45) is 0 Å². The van der Waals surface area contributed by atoms with Crippen molar-refractivity contribution >= 4 is 24.6 Å². The molecule has 0 saturated heterocycles. The van der Waals surface area contributed by atoms with E-state index < -0.39 is 0 Å². The van der Waals surface area contributed by atoms with E-state index in [9.17, 15) is 0 Å². The van der Waals surface area contributed by atoms with E-state index in [0.717, 1.165) is 5.56 Å². The lowest BCUT2D eigenvalue weighted by atomic mass is 10.4. The first kappa shape index (κ1) is 10.8. The van der Waals surface area contributed by atoms with Crippen LogP contribution in [0.15, 0.2) is 12.4 Å². The fourth-order valence-electron chi connectivity index (χ4n) is 0.637. The molecule has 0 amide bonds. The van der Waals surface area contributed by atoms with Gasteiger partial charge in [-0.3, -0.25) is 0 Å². The number of hydrogen-bond acceptors (Lipinski definition) is 4. The molecule has 0 unspecified atom stereocenters. The summed E-state index contributed by atoms with van der Waals surface area (Å²) in [6.07, 6.45) is 4.46. The predicted molar refractivity (Wildman–Crippen MR) is 51.5 cm³/mol. The van der Waals surface area contributed by atoms with Crippen LogP contribution in [-0.4, -0.2) is 30.3 Å².